The maximum absolute atomic E-state index is 11.8. The van der Waals surface area contributed by atoms with Gasteiger partial charge in [0.05, 0.1) is 5.60 Å². The second kappa shape index (κ2) is 28.5. The maximum atomic E-state index is 11.8. The Morgan fingerprint density at radius 2 is 1.14 bits per heavy atom. The average Bonchev–Trinajstić information content (AvgIpc) is 3.13. The monoisotopic (exact) mass is 787 g/mol. The van der Waals surface area contributed by atoms with E-state index in [1.807, 2.05) is 58.1 Å². The lowest BCUT2D eigenvalue weighted by molar-refractivity contribution is -0.323. The Labute approximate surface area is 345 Å². The smallest absolute Gasteiger partial charge is 0.305 e. The molecule has 1 heterocycles. The third-order valence-corrected chi connectivity index (χ3v) is 9.08. The molecule has 0 radical (unpaired) electrons. The molecule has 0 aromatic heterocycles. The lowest BCUT2D eigenvalue weighted by atomic mass is 9.98. The quantitative estimate of drug-likeness (QED) is 0.0538. The Morgan fingerprint density at radius 1 is 0.632 bits per heavy atom. The number of carbonyl (C=O) groups excluding carboxylic acids is 1. The lowest BCUT2D eigenvalue weighted by Crippen LogP contribution is -2.60. The lowest BCUT2D eigenvalue weighted by Gasteiger charge is -2.42. The van der Waals surface area contributed by atoms with Gasteiger partial charge in [0.25, 0.3) is 0 Å². The van der Waals surface area contributed by atoms with E-state index in [2.05, 4.69) is 121 Å². The molecule has 0 saturated carbocycles. The summed E-state index contributed by atoms with van der Waals surface area (Å²) in [5.74, 6) is -0.418. The highest BCUT2D eigenvalue weighted by molar-refractivity contribution is 5.69. The normalized spacial score (nSPS) is 22.6. The molecule has 1 aliphatic heterocycles. The first kappa shape index (κ1) is 51.2. The van der Waals surface area contributed by atoms with Gasteiger partial charge in [0, 0.05) is 6.42 Å². The minimum Gasteiger partial charge on any atom is -0.463 e. The Hall–Kier alpha value is -3.85. The average molecular weight is 787 g/mol. The van der Waals surface area contributed by atoms with Crippen LogP contribution in [-0.2, 0) is 19.0 Å². The van der Waals surface area contributed by atoms with E-state index in [0.29, 0.717) is 12.8 Å². The fraction of sp³-hybridized carbons (Fsp3) is 0.500. The van der Waals surface area contributed by atoms with Crippen LogP contribution in [0.15, 0.2) is 142 Å². The van der Waals surface area contributed by atoms with E-state index in [9.17, 15) is 20.1 Å². The molecule has 1 aliphatic rings. The molecule has 0 aromatic rings. The molecule has 7 nitrogen and oxygen atoms in total. The first-order valence-electron chi connectivity index (χ1n) is 20.5. The number of esters is 1. The van der Waals surface area contributed by atoms with Crippen molar-refractivity contribution < 1.29 is 34.3 Å². The molecule has 316 valence electrons. The van der Waals surface area contributed by atoms with Gasteiger partial charge in [-0.1, -0.05) is 149 Å². The van der Waals surface area contributed by atoms with Gasteiger partial charge in [0.2, 0.25) is 0 Å². The van der Waals surface area contributed by atoms with Gasteiger partial charge in [-0.25, -0.2) is 0 Å². The van der Waals surface area contributed by atoms with Gasteiger partial charge in [-0.05, 0) is 108 Å². The first-order chi connectivity index (χ1) is 26.9. The van der Waals surface area contributed by atoms with Crippen LogP contribution < -0.4 is 0 Å². The van der Waals surface area contributed by atoms with Crippen LogP contribution in [0.4, 0.5) is 0 Å². The highest BCUT2D eigenvalue weighted by Crippen LogP contribution is 2.28. The molecule has 0 aromatic carbocycles. The van der Waals surface area contributed by atoms with Crippen molar-refractivity contribution in [3.8, 4) is 0 Å². The van der Waals surface area contributed by atoms with Gasteiger partial charge in [0.1, 0.15) is 31.0 Å². The summed E-state index contributed by atoms with van der Waals surface area (Å²) < 4.78 is 16.9. The predicted octanol–water partition coefficient (Wildman–Crippen LogP) is 11.3. The molecule has 3 N–H and O–H groups in total. The van der Waals surface area contributed by atoms with Gasteiger partial charge < -0.3 is 29.5 Å². The van der Waals surface area contributed by atoms with E-state index in [0.717, 1.165) is 42.4 Å². The number of aliphatic hydroxyl groups excluding tert-OH is 3. The summed E-state index contributed by atoms with van der Waals surface area (Å²) in [4.78, 5) is 11.8. The third kappa shape index (κ3) is 24.5. The van der Waals surface area contributed by atoms with Gasteiger partial charge in [-0.3, -0.25) is 4.79 Å². The number of hydrogen-bond donors (Lipinski definition) is 3. The SMILES string of the molecule is CCCC(=O)OCC1OC(OC(C)(C)CC=CC(C)=CC=CC(C)=CC=CC(C)=CC=CC=C(C)C=CC=C(C)CCC=C(C)CCC=C(C)C)C(O)C(O)C1O. The molecule has 0 spiro atoms. The molecule has 0 bridgehead atoms. The Balaban J connectivity index is 2.58. The zero-order chi connectivity index (χ0) is 42.8. The summed E-state index contributed by atoms with van der Waals surface area (Å²) in [5.41, 5.74) is 8.00. The fourth-order valence-electron chi connectivity index (χ4n) is 5.52. The summed E-state index contributed by atoms with van der Waals surface area (Å²) in [6.45, 7) is 22.3. The van der Waals surface area contributed by atoms with E-state index < -0.39 is 42.3 Å². The molecule has 5 atom stereocenters. The molecular formula is C50H74O7. The topological polar surface area (TPSA) is 105 Å². The van der Waals surface area contributed by atoms with Crippen molar-refractivity contribution in [3.05, 3.63) is 142 Å². The summed E-state index contributed by atoms with van der Waals surface area (Å²) in [7, 11) is 0. The largest absolute Gasteiger partial charge is 0.463 e. The predicted molar refractivity (Wildman–Crippen MR) is 238 cm³/mol. The van der Waals surface area contributed by atoms with Crippen LogP contribution >= 0.6 is 0 Å². The molecule has 1 rings (SSSR count). The van der Waals surface area contributed by atoms with Crippen LogP contribution in [0.25, 0.3) is 0 Å². The standard InChI is InChI=1S/C50H74O7/c1-12-21-45(51)55-36-44-46(52)47(53)48(54)49(56-44)57-50(10,11)35-20-34-43(9)33-19-32-42(8)30-17-27-39(5)24-14-13-23-38(4)26-16-29-41(7)31-18-28-40(6)25-15-22-37(2)3/h13-14,16-17,19-20,22-24,26-30,32-34,44,46-49,52-54H,12,15,18,21,25,31,35-36H2,1-11H3. The van der Waals surface area contributed by atoms with E-state index in [-0.39, 0.29) is 13.0 Å². The van der Waals surface area contributed by atoms with Crippen LogP contribution in [0.2, 0.25) is 0 Å². The van der Waals surface area contributed by atoms with E-state index in [1.165, 1.54) is 22.3 Å². The first-order valence-corrected chi connectivity index (χ1v) is 20.5. The number of allylic oxidation sites excluding steroid dienone is 23. The molecule has 0 amide bonds. The molecule has 7 heteroatoms. The zero-order valence-corrected chi connectivity index (χ0v) is 36.8. The van der Waals surface area contributed by atoms with Crippen molar-refractivity contribution in [1.82, 2.24) is 0 Å². The summed E-state index contributed by atoms with van der Waals surface area (Å²) >= 11 is 0. The molecule has 0 aliphatic carbocycles. The zero-order valence-electron chi connectivity index (χ0n) is 36.8. The maximum Gasteiger partial charge on any atom is 0.305 e. The van der Waals surface area contributed by atoms with E-state index in [1.54, 1.807) is 0 Å². The van der Waals surface area contributed by atoms with Crippen LogP contribution in [-0.4, -0.2) is 64.2 Å². The van der Waals surface area contributed by atoms with Crippen molar-refractivity contribution >= 4 is 5.97 Å². The van der Waals surface area contributed by atoms with E-state index in [4.69, 9.17) is 14.2 Å². The van der Waals surface area contributed by atoms with Crippen LogP contribution in [0, 0.1) is 0 Å². The minimum atomic E-state index is -1.50. The summed E-state index contributed by atoms with van der Waals surface area (Å²) in [6.07, 6.45) is 35.0. The molecular weight excluding hydrogens is 713 g/mol. The van der Waals surface area contributed by atoms with Gasteiger partial charge >= 0.3 is 5.97 Å². The second-order valence-electron chi connectivity index (χ2n) is 16.0. The Kier molecular flexibility index (Phi) is 25.6. The van der Waals surface area contributed by atoms with Crippen molar-refractivity contribution in [2.45, 2.75) is 157 Å². The Morgan fingerprint density at radius 3 is 1.70 bits per heavy atom. The van der Waals surface area contributed by atoms with Crippen LogP contribution in [0.5, 0.6) is 0 Å². The van der Waals surface area contributed by atoms with Gasteiger partial charge in [-0.15, -0.1) is 0 Å². The second-order valence-corrected chi connectivity index (χ2v) is 16.0. The third-order valence-electron chi connectivity index (χ3n) is 9.08. The molecule has 1 fully saturated rings. The molecule has 1 saturated heterocycles. The highest BCUT2D eigenvalue weighted by Gasteiger charge is 2.46. The number of rotatable bonds is 23. The number of carbonyl (C=O) groups is 1. The van der Waals surface area contributed by atoms with Crippen molar-refractivity contribution in [3.63, 3.8) is 0 Å². The van der Waals surface area contributed by atoms with Crippen molar-refractivity contribution in [1.29, 1.82) is 0 Å². The minimum absolute atomic E-state index is 0.243. The molecule has 57 heavy (non-hydrogen) atoms. The number of hydrogen-bond acceptors (Lipinski definition) is 7. The van der Waals surface area contributed by atoms with Crippen molar-refractivity contribution in [2.24, 2.45) is 0 Å². The number of aliphatic hydroxyl groups is 3. The fourth-order valence-corrected chi connectivity index (χ4v) is 5.52. The van der Waals surface area contributed by atoms with Crippen molar-refractivity contribution in [2.75, 3.05) is 6.61 Å². The van der Waals surface area contributed by atoms with Gasteiger partial charge in [0.15, 0.2) is 6.29 Å². The van der Waals surface area contributed by atoms with E-state index >= 15 is 0 Å². The van der Waals surface area contributed by atoms with Crippen LogP contribution in [0.1, 0.15) is 121 Å². The Bertz CT molecular complexity index is 1600. The van der Waals surface area contributed by atoms with Gasteiger partial charge in [-0.2, -0.15) is 0 Å². The summed E-state index contributed by atoms with van der Waals surface area (Å²) in [5, 5.41) is 31.2. The molecule has 5 unspecified atom stereocenters. The summed E-state index contributed by atoms with van der Waals surface area (Å²) in [6, 6.07) is 0. The number of ether oxygens (including phenoxy) is 3. The van der Waals surface area contributed by atoms with Crippen LogP contribution in [0.3, 0.4) is 0 Å². The highest BCUT2D eigenvalue weighted by atomic mass is 16.7.